The highest BCUT2D eigenvalue weighted by Gasteiger charge is 2.26. The van der Waals surface area contributed by atoms with Gasteiger partial charge in [-0.05, 0) is 42.4 Å². The molecule has 94 valence electrons. The minimum absolute atomic E-state index is 0.125. The van der Waals surface area contributed by atoms with E-state index >= 15 is 0 Å². The highest BCUT2D eigenvalue weighted by atomic mass is 19.1. The van der Waals surface area contributed by atoms with Crippen molar-refractivity contribution in [3.8, 4) is 0 Å². The number of halogens is 2. The lowest BCUT2D eigenvalue weighted by Crippen LogP contribution is -2.20. The summed E-state index contributed by atoms with van der Waals surface area (Å²) in [6, 6.07) is 3.29. The summed E-state index contributed by atoms with van der Waals surface area (Å²) < 4.78 is 26.2. The molecule has 3 atom stereocenters. The van der Waals surface area contributed by atoms with Crippen LogP contribution in [0.1, 0.15) is 44.3 Å². The summed E-state index contributed by atoms with van der Waals surface area (Å²) in [6.07, 6.45) is 3.38. The maximum atomic E-state index is 13.1. The van der Waals surface area contributed by atoms with Crippen molar-refractivity contribution in [3.63, 3.8) is 0 Å². The molecule has 0 heterocycles. The molecule has 0 saturated heterocycles. The molecule has 1 aromatic rings. The first kappa shape index (κ1) is 12.5. The van der Waals surface area contributed by atoms with Gasteiger partial charge in [-0.15, -0.1) is 0 Å². The number of rotatable bonds is 2. The summed E-state index contributed by atoms with van der Waals surface area (Å²) in [7, 11) is 0. The van der Waals surface area contributed by atoms with Crippen LogP contribution in [0, 0.1) is 23.5 Å². The van der Waals surface area contributed by atoms with Gasteiger partial charge in [-0.2, -0.15) is 0 Å². The van der Waals surface area contributed by atoms with E-state index in [1.807, 2.05) is 0 Å². The third-order valence-corrected chi connectivity index (χ3v) is 3.65. The van der Waals surface area contributed by atoms with Crippen molar-refractivity contribution < 1.29 is 13.9 Å². The maximum absolute atomic E-state index is 13.1. The smallest absolute Gasteiger partial charge is 0.126 e. The minimum atomic E-state index is -0.747. The van der Waals surface area contributed by atoms with Crippen LogP contribution in [0.25, 0.3) is 0 Å². The van der Waals surface area contributed by atoms with Gasteiger partial charge < -0.3 is 5.11 Å². The van der Waals surface area contributed by atoms with Crippen molar-refractivity contribution in [2.24, 2.45) is 11.8 Å². The fraction of sp³-hybridized carbons (Fsp3) is 0.571. The van der Waals surface area contributed by atoms with E-state index < -0.39 is 17.7 Å². The third-order valence-electron chi connectivity index (χ3n) is 3.65. The zero-order valence-corrected chi connectivity index (χ0v) is 10.00. The van der Waals surface area contributed by atoms with Crippen molar-refractivity contribution in [2.75, 3.05) is 0 Å². The molecule has 3 unspecified atom stereocenters. The van der Waals surface area contributed by atoms with Crippen molar-refractivity contribution in [2.45, 2.75) is 38.7 Å². The van der Waals surface area contributed by atoms with Gasteiger partial charge in [0.25, 0.3) is 0 Å². The molecule has 1 aliphatic rings. The number of hydrogen-bond acceptors (Lipinski definition) is 1. The van der Waals surface area contributed by atoms with E-state index in [9.17, 15) is 13.9 Å². The second-order valence-electron chi connectivity index (χ2n) is 5.18. The summed E-state index contributed by atoms with van der Waals surface area (Å²) in [5, 5.41) is 10.2. The molecule has 1 aliphatic carbocycles. The van der Waals surface area contributed by atoms with Gasteiger partial charge in [0.1, 0.15) is 11.6 Å². The average Bonchev–Trinajstić information content (AvgIpc) is 2.26. The van der Waals surface area contributed by atoms with Gasteiger partial charge in [-0.25, -0.2) is 8.78 Å². The SMILES string of the molecule is CC1CCCC(C(O)c2cc(F)cc(F)c2)C1. The monoisotopic (exact) mass is 240 g/mol. The van der Waals surface area contributed by atoms with Crippen LogP contribution in [0.5, 0.6) is 0 Å². The van der Waals surface area contributed by atoms with E-state index in [0.717, 1.165) is 25.3 Å². The van der Waals surface area contributed by atoms with E-state index in [1.165, 1.54) is 18.6 Å². The second-order valence-corrected chi connectivity index (χ2v) is 5.18. The number of aliphatic hydroxyl groups is 1. The molecule has 0 amide bonds. The molecule has 1 fully saturated rings. The lowest BCUT2D eigenvalue weighted by molar-refractivity contribution is 0.0709. The Bertz CT molecular complexity index is 372. The summed E-state index contributed by atoms with van der Waals surface area (Å²) in [6.45, 7) is 2.16. The summed E-state index contributed by atoms with van der Waals surface area (Å²) in [4.78, 5) is 0. The fourth-order valence-corrected chi connectivity index (χ4v) is 2.79. The Kier molecular flexibility index (Phi) is 3.77. The van der Waals surface area contributed by atoms with E-state index in [-0.39, 0.29) is 5.92 Å². The molecular formula is C14H18F2O. The lowest BCUT2D eigenvalue weighted by atomic mass is 9.78. The first-order chi connectivity index (χ1) is 8.06. The molecule has 0 aromatic heterocycles. The van der Waals surface area contributed by atoms with E-state index in [0.29, 0.717) is 11.5 Å². The Hall–Kier alpha value is -0.960. The van der Waals surface area contributed by atoms with E-state index in [4.69, 9.17) is 0 Å². The normalized spacial score (nSPS) is 26.8. The summed E-state index contributed by atoms with van der Waals surface area (Å²) in [5.74, 6) is -0.535. The molecule has 0 aliphatic heterocycles. The molecule has 0 radical (unpaired) electrons. The average molecular weight is 240 g/mol. The molecule has 0 bridgehead atoms. The van der Waals surface area contributed by atoms with Gasteiger partial charge in [0.05, 0.1) is 6.10 Å². The zero-order valence-electron chi connectivity index (χ0n) is 10.00. The lowest BCUT2D eigenvalue weighted by Gasteiger charge is -2.30. The fourth-order valence-electron chi connectivity index (χ4n) is 2.79. The van der Waals surface area contributed by atoms with E-state index in [2.05, 4.69) is 6.92 Å². The highest BCUT2D eigenvalue weighted by Crippen LogP contribution is 2.37. The highest BCUT2D eigenvalue weighted by molar-refractivity contribution is 5.20. The Morgan fingerprint density at radius 1 is 1.18 bits per heavy atom. The number of benzene rings is 1. The first-order valence-electron chi connectivity index (χ1n) is 6.20. The Morgan fingerprint density at radius 2 is 1.82 bits per heavy atom. The van der Waals surface area contributed by atoms with Crippen LogP contribution in [0.4, 0.5) is 8.78 Å². The predicted molar refractivity (Wildman–Crippen MR) is 62.4 cm³/mol. The maximum Gasteiger partial charge on any atom is 0.126 e. The Morgan fingerprint density at radius 3 is 2.41 bits per heavy atom. The van der Waals surface area contributed by atoms with Crippen molar-refractivity contribution in [1.82, 2.24) is 0 Å². The van der Waals surface area contributed by atoms with Crippen LogP contribution in [-0.2, 0) is 0 Å². The van der Waals surface area contributed by atoms with Crippen LogP contribution >= 0.6 is 0 Å². The summed E-state index contributed by atoms with van der Waals surface area (Å²) >= 11 is 0. The number of hydrogen-bond donors (Lipinski definition) is 1. The second kappa shape index (κ2) is 5.13. The van der Waals surface area contributed by atoms with Crippen LogP contribution < -0.4 is 0 Å². The largest absolute Gasteiger partial charge is 0.388 e. The zero-order chi connectivity index (χ0) is 12.4. The van der Waals surface area contributed by atoms with Crippen LogP contribution in [0.3, 0.4) is 0 Å². The molecule has 17 heavy (non-hydrogen) atoms. The molecule has 2 rings (SSSR count). The topological polar surface area (TPSA) is 20.2 Å². The minimum Gasteiger partial charge on any atom is -0.388 e. The molecule has 1 saturated carbocycles. The van der Waals surface area contributed by atoms with Crippen molar-refractivity contribution in [1.29, 1.82) is 0 Å². The van der Waals surface area contributed by atoms with Gasteiger partial charge in [-0.1, -0.05) is 19.8 Å². The Balaban J connectivity index is 2.15. The third kappa shape index (κ3) is 3.03. The van der Waals surface area contributed by atoms with Crippen molar-refractivity contribution >= 4 is 0 Å². The first-order valence-corrected chi connectivity index (χ1v) is 6.20. The van der Waals surface area contributed by atoms with Gasteiger partial charge in [0.2, 0.25) is 0 Å². The van der Waals surface area contributed by atoms with Gasteiger partial charge in [0.15, 0.2) is 0 Å². The van der Waals surface area contributed by atoms with Gasteiger partial charge >= 0.3 is 0 Å². The van der Waals surface area contributed by atoms with Crippen LogP contribution in [0.15, 0.2) is 18.2 Å². The van der Waals surface area contributed by atoms with Crippen molar-refractivity contribution in [3.05, 3.63) is 35.4 Å². The Labute approximate surface area is 100 Å². The van der Waals surface area contributed by atoms with Gasteiger partial charge in [-0.3, -0.25) is 0 Å². The quantitative estimate of drug-likeness (QED) is 0.833. The number of aliphatic hydroxyl groups excluding tert-OH is 1. The predicted octanol–water partition coefficient (Wildman–Crippen LogP) is 3.82. The van der Waals surface area contributed by atoms with Gasteiger partial charge in [0, 0.05) is 6.07 Å². The van der Waals surface area contributed by atoms with E-state index in [1.54, 1.807) is 0 Å². The molecular weight excluding hydrogens is 222 g/mol. The molecule has 0 spiro atoms. The molecule has 1 aromatic carbocycles. The van der Waals surface area contributed by atoms with Crippen LogP contribution in [-0.4, -0.2) is 5.11 Å². The molecule has 1 N–H and O–H groups in total. The molecule has 1 nitrogen and oxygen atoms in total. The summed E-state index contributed by atoms with van der Waals surface area (Å²) in [5.41, 5.74) is 0.363. The standard InChI is InChI=1S/C14H18F2O/c1-9-3-2-4-10(5-9)14(17)11-6-12(15)8-13(16)7-11/h6-10,14,17H,2-5H2,1H3. The van der Waals surface area contributed by atoms with Crippen LogP contribution in [0.2, 0.25) is 0 Å². The molecule has 3 heteroatoms.